The van der Waals surface area contributed by atoms with Crippen molar-refractivity contribution >= 4 is 22.6 Å². The third-order valence-electron chi connectivity index (χ3n) is 4.21. The Balaban J connectivity index is 2.18. The molecule has 0 aliphatic rings. The van der Waals surface area contributed by atoms with Crippen LogP contribution in [-0.2, 0) is 6.54 Å². The molecule has 3 aromatic rings. The Labute approximate surface area is 143 Å². The molecule has 0 spiro atoms. The summed E-state index contributed by atoms with van der Waals surface area (Å²) in [5.74, 6) is 2.01. The lowest BCUT2D eigenvalue weighted by molar-refractivity contribution is 0.505. The van der Waals surface area contributed by atoms with Gasteiger partial charge in [0.15, 0.2) is 0 Å². The zero-order valence-electron chi connectivity index (χ0n) is 14.0. The number of fused-ring (bicyclic) bond motifs is 1. The number of hydrogen-bond donors (Lipinski definition) is 0. The molecule has 3 rings (SSSR count). The van der Waals surface area contributed by atoms with Crippen molar-refractivity contribution in [1.82, 2.24) is 9.55 Å². The summed E-state index contributed by atoms with van der Waals surface area (Å²) >= 11 is 6.17. The molecule has 0 aliphatic carbocycles. The van der Waals surface area contributed by atoms with Gasteiger partial charge in [-0.1, -0.05) is 62.7 Å². The van der Waals surface area contributed by atoms with E-state index in [1.807, 2.05) is 12.1 Å². The van der Waals surface area contributed by atoms with E-state index in [9.17, 15) is 0 Å². The lowest BCUT2D eigenvalue weighted by Gasteiger charge is -2.19. The lowest BCUT2D eigenvalue weighted by atomic mass is 9.95. The molecule has 1 unspecified atom stereocenters. The summed E-state index contributed by atoms with van der Waals surface area (Å²) in [6, 6.07) is 16.7. The number of imidazole rings is 1. The summed E-state index contributed by atoms with van der Waals surface area (Å²) in [5.41, 5.74) is 3.48. The maximum absolute atomic E-state index is 6.17. The normalized spacial score (nSPS) is 12.9. The number of hydrogen-bond acceptors (Lipinski definition) is 1. The Bertz CT molecular complexity index is 790. The van der Waals surface area contributed by atoms with Crippen LogP contribution in [0.5, 0.6) is 0 Å². The van der Waals surface area contributed by atoms with Crippen LogP contribution in [-0.4, -0.2) is 9.55 Å². The molecule has 23 heavy (non-hydrogen) atoms. The Hall–Kier alpha value is -1.80. The van der Waals surface area contributed by atoms with Gasteiger partial charge in [0.05, 0.1) is 11.0 Å². The first-order valence-corrected chi connectivity index (χ1v) is 8.68. The van der Waals surface area contributed by atoms with Crippen molar-refractivity contribution in [3.63, 3.8) is 0 Å². The van der Waals surface area contributed by atoms with E-state index in [1.54, 1.807) is 0 Å². The van der Waals surface area contributed by atoms with Crippen LogP contribution < -0.4 is 0 Å². The van der Waals surface area contributed by atoms with Gasteiger partial charge in [-0.15, -0.1) is 0 Å². The van der Waals surface area contributed by atoms with Crippen LogP contribution in [0.1, 0.15) is 44.5 Å². The second kappa shape index (κ2) is 6.76. The molecular weight excluding hydrogens is 304 g/mol. The van der Waals surface area contributed by atoms with E-state index < -0.39 is 0 Å². The number of rotatable bonds is 5. The fourth-order valence-electron chi connectivity index (χ4n) is 3.20. The van der Waals surface area contributed by atoms with Crippen molar-refractivity contribution < 1.29 is 0 Å². The highest BCUT2D eigenvalue weighted by Crippen LogP contribution is 2.31. The molecule has 0 fully saturated rings. The highest BCUT2D eigenvalue weighted by molar-refractivity contribution is 6.31. The fourth-order valence-corrected chi connectivity index (χ4v) is 3.36. The molecule has 120 valence electrons. The van der Waals surface area contributed by atoms with Gasteiger partial charge in [-0.25, -0.2) is 4.98 Å². The second-order valence-electron chi connectivity index (χ2n) is 6.48. The molecule has 0 bridgehead atoms. The van der Waals surface area contributed by atoms with Gasteiger partial charge in [-0.2, -0.15) is 0 Å². The maximum Gasteiger partial charge on any atom is 0.117 e. The van der Waals surface area contributed by atoms with E-state index in [0.717, 1.165) is 29.3 Å². The minimum atomic E-state index is 0.307. The summed E-state index contributed by atoms with van der Waals surface area (Å²) in [4.78, 5) is 4.95. The van der Waals surface area contributed by atoms with E-state index in [4.69, 9.17) is 16.6 Å². The Morgan fingerprint density at radius 3 is 2.48 bits per heavy atom. The van der Waals surface area contributed by atoms with Crippen LogP contribution in [0.25, 0.3) is 11.0 Å². The van der Waals surface area contributed by atoms with E-state index >= 15 is 0 Å². The van der Waals surface area contributed by atoms with E-state index in [1.165, 1.54) is 11.1 Å². The van der Waals surface area contributed by atoms with Gasteiger partial charge >= 0.3 is 0 Å². The fraction of sp³-hybridized carbons (Fsp3) is 0.350. The van der Waals surface area contributed by atoms with Crippen molar-refractivity contribution in [2.75, 3.05) is 0 Å². The smallest absolute Gasteiger partial charge is 0.117 e. The molecule has 3 heteroatoms. The summed E-state index contributed by atoms with van der Waals surface area (Å²) in [7, 11) is 0. The van der Waals surface area contributed by atoms with Crippen LogP contribution in [0.4, 0.5) is 0 Å². The van der Waals surface area contributed by atoms with E-state index in [-0.39, 0.29) is 0 Å². The molecule has 1 heterocycles. The molecule has 2 aromatic carbocycles. The van der Waals surface area contributed by atoms with Gasteiger partial charge in [0.25, 0.3) is 0 Å². The third-order valence-corrected chi connectivity index (χ3v) is 4.44. The molecule has 0 saturated carbocycles. The number of aromatic nitrogens is 2. The number of benzene rings is 2. The molecule has 0 aliphatic heterocycles. The Morgan fingerprint density at radius 2 is 1.83 bits per heavy atom. The molecule has 1 atom stereocenters. The van der Waals surface area contributed by atoms with Gasteiger partial charge in [-0.05, 0) is 36.1 Å². The van der Waals surface area contributed by atoms with Crippen LogP contribution in [0.2, 0.25) is 5.02 Å². The van der Waals surface area contributed by atoms with Gasteiger partial charge in [0.1, 0.15) is 5.82 Å². The zero-order chi connectivity index (χ0) is 16.4. The lowest BCUT2D eigenvalue weighted by Crippen LogP contribution is -2.13. The average Bonchev–Trinajstić information content (AvgIpc) is 2.86. The van der Waals surface area contributed by atoms with Crippen LogP contribution in [0, 0.1) is 5.92 Å². The summed E-state index contributed by atoms with van der Waals surface area (Å²) in [6.07, 6.45) is 1.03. The first-order valence-electron chi connectivity index (χ1n) is 8.30. The second-order valence-corrected chi connectivity index (χ2v) is 6.92. The van der Waals surface area contributed by atoms with Gasteiger partial charge in [-0.3, -0.25) is 0 Å². The predicted octanol–water partition coefficient (Wildman–Crippen LogP) is 5.89. The van der Waals surface area contributed by atoms with Crippen LogP contribution >= 0.6 is 11.6 Å². The highest BCUT2D eigenvalue weighted by atomic mass is 35.5. The zero-order valence-corrected chi connectivity index (χ0v) is 14.7. The van der Waals surface area contributed by atoms with Gasteiger partial charge in [0.2, 0.25) is 0 Å². The molecule has 0 saturated heterocycles. The molecule has 2 nitrogen and oxygen atoms in total. The summed E-state index contributed by atoms with van der Waals surface area (Å²) < 4.78 is 2.37. The maximum atomic E-state index is 6.17. The monoisotopic (exact) mass is 326 g/mol. The van der Waals surface area contributed by atoms with Crippen molar-refractivity contribution in [2.24, 2.45) is 5.92 Å². The quantitative estimate of drug-likeness (QED) is 0.571. The third kappa shape index (κ3) is 3.28. The highest BCUT2D eigenvalue weighted by Gasteiger charge is 2.21. The van der Waals surface area contributed by atoms with Gasteiger partial charge in [0, 0.05) is 17.5 Å². The topological polar surface area (TPSA) is 17.8 Å². The van der Waals surface area contributed by atoms with Crippen LogP contribution in [0.15, 0.2) is 48.5 Å². The van der Waals surface area contributed by atoms with Crippen molar-refractivity contribution in [2.45, 2.75) is 39.7 Å². The first kappa shape index (κ1) is 16.1. The minimum Gasteiger partial charge on any atom is -0.327 e. The first-order chi connectivity index (χ1) is 11.1. The molecular formula is C20H23ClN2. The average molecular weight is 327 g/mol. The minimum absolute atomic E-state index is 0.307. The molecule has 0 radical (unpaired) electrons. The van der Waals surface area contributed by atoms with Crippen molar-refractivity contribution in [3.8, 4) is 0 Å². The largest absolute Gasteiger partial charge is 0.327 e. The summed E-state index contributed by atoms with van der Waals surface area (Å²) in [6.45, 7) is 7.69. The molecule has 0 amide bonds. The summed E-state index contributed by atoms with van der Waals surface area (Å²) in [5, 5.41) is 0.742. The SMILES string of the molecule is CCC(c1ccccc1)c1nc2cc(Cl)ccc2n1CC(C)C. The van der Waals surface area contributed by atoms with E-state index in [0.29, 0.717) is 11.8 Å². The van der Waals surface area contributed by atoms with Crippen molar-refractivity contribution in [1.29, 1.82) is 0 Å². The van der Waals surface area contributed by atoms with E-state index in [2.05, 4.69) is 61.7 Å². The van der Waals surface area contributed by atoms with Crippen LogP contribution in [0.3, 0.4) is 0 Å². The van der Waals surface area contributed by atoms with Gasteiger partial charge < -0.3 is 4.57 Å². The number of halogens is 1. The van der Waals surface area contributed by atoms with Crippen molar-refractivity contribution in [3.05, 3.63) is 64.9 Å². The molecule has 0 N–H and O–H groups in total. The predicted molar refractivity (Wildman–Crippen MR) is 98.2 cm³/mol. The Kier molecular flexibility index (Phi) is 4.72. The Morgan fingerprint density at radius 1 is 1.09 bits per heavy atom. The molecule has 1 aromatic heterocycles. The number of nitrogens with zero attached hydrogens (tertiary/aromatic N) is 2. The standard InChI is InChI=1S/C20H23ClN2/c1-4-17(15-8-6-5-7-9-15)20-22-18-12-16(21)10-11-19(18)23(20)13-14(2)3/h5-12,14,17H,4,13H2,1-3H3.